The highest BCUT2D eigenvalue weighted by atomic mass is 16.3. The molecule has 0 aliphatic heterocycles. The maximum Gasteiger partial charge on any atom is 0.271 e. The molecule has 1 aromatic carbocycles. The number of rotatable bonds is 5. The molecule has 1 saturated carbocycles. The lowest BCUT2D eigenvalue weighted by Gasteiger charge is -2.31. The lowest BCUT2D eigenvalue weighted by Crippen LogP contribution is -2.42. The molecule has 7 heteroatoms. The molecule has 0 saturated heterocycles. The van der Waals surface area contributed by atoms with E-state index in [1.165, 1.54) is 0 Å². The molecule has 7 nitrogen and oxygen atoms in total. The predicted molar refractivity (Wildman–Crippen MR) is 111 cm³/mol. The maximum atomic E-state index is 13.1. The van der Waals surface area contributed by atoms with Crippen LogP contribution in [0.15, 0.2) is 30.3 Å². The number of aliphatic hydroxyl groups is 1. The second kappa shape index (κ2) is 8.78. The van der Waals surface area contributed by atoms with E-state index in [0.29, 0.717) is 12.1 Å². The van der Waals surface area contributed by atoms with Crippen LogP contribution in [0.2, 0.25) is 0 Å². The number of benzene rings is 1. The largest absolute Gasteiger partial charge is 0.393 e. The second-order valence-electron chi connectivity index (χ2n) is 8.06. The fourth-order valence-corrected chi connectivity index (χ4v) is 3.94. The van der Waals surface area contributed by atoms with Gasteiger partial charge in [-0.15, -0.1) is 0 Å². The topological polar surface area (TPSA) is 96.3 Å². The molecule has 1 aliphatic rings. The third kappa shape index (κ3) is 4.67. The van der Waals surface area contributed by atoms with Crippen molar-refractivity contribution in [3.8, 4) is 0 Å². The number of nitrogens with zero attached hydrogens (tertiary/aromatic N) is 2. The Hall–Kier alpha value is -2.67. The first-order valence-corrected chi connectivity index (χ1v) is 10.2. The van der Waals surface area contributed by atoms with Crippen LogP contribution in [-0.4, -0.2) is 45.9 Å². The summed E-state index contributed by atoms with van der Waals surface area (Å²) >= 11 is 0. The predicted octanol–water partition coefficient (Wildman–Crippen LogP) is 2.44. The summed E-state index contributed by atoms with van der Waals surface area (Å²) in [6.07, 6.45) is 1.83. The Balaban J connectivity index is 1.89. The van der Waals surface area contributed by atoms with Gasteiger partial charge in [-0.2, -0.15) is 5.10 Å². The molecule has 29 heavy (non-hydrogen) atoms. The van der Waals surface area contributed by atoms with E-state index >= 15 is 0 Å². The van der Waals surface area contributed by atoms with Crippen LogP contribution in [0.5, 0.6) is 0 Å². The van der Waals surface area contributed by atoms with Gasteiger partial charge in [-0.3, -0.25) is 14.3 Å². The molecule has 3 rings (SSSR count). The van der Waals surface area contributed by atoms with Crippen LogP contribution in [0.4, 0.5) is 0 Å². The van der Waals surface area contributed by atoms with Crippen LogP contribution >= 0.6 is 0 Å². The van der Waals surface area contributed by atoms with E-state index in [4.69, 9.17) is 0 Å². The quantitative estimate of drug-likeness (QED) is 0.721. The minimum Gasteiger partial charge on any atom is -0.393 e. The monoisotopic (exact) mass is 398 g/mol. The molecule has 1 aliphatic carbocycles. The number of aliphatic hydroxyl groups excluding tert-OH is 1. The minimum absolute atomic E-state index is 0.00183. The third-order valence-corrected chi connectivity index (χ3v) is 5.78. The lowest BCUT2D eigenvalue weighted by atomic mass is 9.84. The molecule has 4 atom stereocenters. The zero-order chi connectivity index (χ0) is 21.1. The van der Waals surface area contributed by atoms with Crippen molar-refractivity contribution in [1.82, 2.24) is 20.4 Å². The van der Waals surface area contributed by atoms with Crippen molar-refractivity contribution in [2.45, 2.75) is 58.2 Å². The molecule has 2 aromatic rings. The minimum atomic E-state index is -0.330. The van der Waals surface area contributed by atoms with Gasteiger partial charge in [-0.25, -0.2) is 0 Å². The first kappa shape index (κ1) is 21.0. The van der Waals surface area contributed by atoms with E-state index in [2.05, 4.69) is 21.8 Å². The van der Waals surface area contributed by atoms with E-state index in [9.17, 15) is 14.7 Å². The number of hydrogen-bond acceptors (Lipinski definition) is 4. The van der Waals surface area contributed by atoms with Crippen molar-refractivity contribution in [1.29, 1.82) is 0 Å². The Bertz CT molecular complexity index is 892. The van der Waals surface area contributed by atoms with Gasteiger partial charge in [0.25, 0.3) is 11.8 Å². The van der Waals surface area contributed by atoms with E-state index in [-0.39, 0.29) is 41.6 Å². The maximum absolute atomic E-state index is 13.1. The van der Waals surface area contributed by atoms with Crippen molar-refractivity contribution in [2.75, 3.05) is 7.05 Å². The summed E-state index contributed by atoms with van der Waals surface area (Å²) in [6, 6.07) is 9.37. The fourth-order valence-electron chi connectivity index (χ4n) is 3.94. The summed E-state index contributed by atoms with van der Waals surface area (Å²) in [5.41, 5.74) is 2.70. The lowest BCUT2D eigenvalue weighted by molar-refractivity contribution is 0.0612. The van der Waals surface area contributed by atoms with Gasteiger partial charge in [0.05, 0.1) is 12.1 Å². The average Bonchev–Trinajstić information content (AvgIpc) is 3.15. The smallest absolute Gasteiger partial charge is 0.271 e. The zero-order valence-electron chi connectivity index (χ0n) is 17.5. The van der Waals surface area contributed by atoms with E-state index in [1.807, 2.05) is 39.0 Å². The Morgan fingerprint density at radius 1 is 1.24 bits per heavy atom. The molecule has 156 valence electrons. The van der Waals surface area contributed by atoms with Gasteiger partial charge >= 0.3 is 0 Å². The zero-order valence-corrected chi connectivity index (χ0v) is 17.5. The van der Waals surface area contributed by atoms with Crippen LogP contribution in [0, 0.1) is 12.8 Å². The highest BCUT2D eigenvalue weighted by Gasteiger charge is 2.29. The molecule has 1 aromatic heterocycles. The highest BCUT2D eigenvalue weighted by molar-refractivity contribution is 5.98. The van der Waals surface area contributed by atoms with Crippen molar-refractivity contribution in [3.63, 3.8) is 0 Å². The molecule has 1 fully saturated rings. The van der Waals surface area contributed by atoms with Gasteiger partial charge < -0.3 is 15.7 Å². The molecule has 0 bridgehead atoms. The fraction of sp³-hybridized carbons (Fsp3) is 0.500. The summed E-state index contributed by atoms with van der Waals surface area (Å²) in [5, 5.41) is 20.0. The Morgan fingerprint density at radius 3 is 2.66 bits per heavy atom. The number of carbonyl (C=O) groups is 2. The van der Waals surface area contributed by atoms with Crippen molar-refractivity contribution < 1.29 is 14.7 Å². The molecule has 0 unspecified atom stereocenters. The summed E-state index contributed by atoms with van der Waals surface area (Å²) in [6.45, 7) is 5.98. The SMILES string of the molecule is CNC(=O)c1cc(C(=O)N[C@H]2CC[C@H](O)[C@@H](C)C2)n([C@@H](C)c2cccc(C)c2)n1. The number of amides is 2. The van der Waals surface area contributed by atoms with Crippen LogP contribution < -0.4 is 10.6 Å². The van der Waals surface area contributed by atoms with E-state index in [0.717, 1.165) is 24.0 Å². The summed E-state index contributed by atoms with van der Waals surface area (Å²) in [4.78, 5) is 25.2. The summed E-state index contributed by atoms with van der Waals surface area (Å²) in [5.74, 6) is -0.434. The van der Waals surface area contributed by atoms with Gasteiger partial charge in [-0.05, 0) is 44.6 Å². The standard InChI is InChI=1S/C22H30N4O3/c1-13-6-5-7-16(10-13)15(3)26-19(12-18(25-26)21(28)23-4)22(29)24-17-8-9-20(27)14(2)11-17/h5-7,10,12,14-15,17,20,27H,8-9,11H2,1-4H3,(H,23,28)(H,24,29)/t14-,15-,17-,20-/m0/s1. The van der Waals surface area contributed by atoms with Gasteiger partial charge in [0.15, 0.2) is 5.69 Å². The number of aryl methyl sites for hydroxylation is 1. The molecule has 3 N–H and O–H groups in total. The molecular formula is C22H30N4O3. The summed E-state index contributed by atoms with van der Waals surface area (Å²) < 4.78 is 1.62. The van der Waals surface area contributed by atoms with E-state index in [1.54, 1.807) is 17.8 Å². The Kier molecular flexibility index (Phi) is 6.37. The number of carbonyl (C=O) groups excluding carboxylic acids is 2. The Morgan fingerprint density at radius 2 is 2.00 bits per heavy atom. The molecular weight excluding hydrogens is 368 g/mol. The molecule has 0 spiro atoms. The first-order chi connectivity index (χ1) is 13.8. The van der Waals surface area contributed by atoms with Crippen LogP contribution in [0.25, 0.3) is 0 Å². The van der Waals surface area contributed by atoms with Gasteiger partial charge in [0.2, 0.25) is 0 Å². The van der Waals surface area contributed by atoms with E-state index < -0.39 is 0 Å². The highest BCUT2D eigenvalue weighted by Crippen LogP contribution is 2.25. The average molecular weight is 399 g/mol. The van der Waals surface area contributed by atoms with Gasteiger partial charge in [-0.1, -0.05) is 36.8 Å². The second-order valence-corrected chi connectivity index (χ2v) is 8.06. The van der Waals surface area contributed by atoms with Crippen LogP contribution in [0.3, 0.4) is 0 Å². The van der Waals surface area contributed by atoms with Crippen molar-refractivity contribution in [2.24, 2.45) is 5.92 Å². The molecule has 1 heterocycles. The molecule has 2 amide bonds. The van der Waals surface area contributed by atoms with Crippen LogP contribution in [0.1, 0.15) is 71.3 Å². The summed E-state index contributed by atoms with van der Waals surface area (Å²) in [7, 11) is 1.54. The first-order valence-electron chi connectivity index (χ1n) is 10.2. The van der Waals surface area contributed by atoms with Crippen molar-refractivity contribution in [3.05, 3.63) is 52.8 Å². The van der Waals surface area contributed by atoms with Gasteiger partial charge in [0, 0.05) is 19.2 Å². The number of nitrogens with one attached hydrogen (secondary N) is 2. The van der Waals surface area contributed by atoms with Crippen molar-refractivity contribution >= 4 is 11.8 Å². The third-order valence-electron chi connectivity index (χ3n) is 5.78. The normalized spacial score (nSPS) is 22.7. The number of hydrogen-bond donors (Lipinski definition) is 3. The number of aromatic nitrogens is 2. The van der Waals surface area contributed by atoms with Crippen LogP contribution in [-0.2, 0) is 0 Å². The molecule has 0 radical (unpaired) electrons. The Labute approximate surface area is 171 Å². The van der Waals surface area contributed by atoms with Gasteiger partial charge in [0.1, 0.15) is 5.69 Å².